The van der Waals surface area contributed by atoms with Gasteiger partial charge in [-0.05, 0) is 50.6 Å². The fourth-order valence-corrected chi connectivity index (χ4v) is 3.83. The minimum atomic E-state index is 0.342. The Hall–Kier alpha value is -1.10. The summed E-state index contributed by atoms with van der Waals surface area (Å²) in [6.07, 6.45) is 5.18. The molecule has 1 unspecified atom stereocenters. The van der Waals surface area contributed by atoms with E-state index >= 15 is 0 Å². The van der Waals surface area contributed by atoms with Crippen LogP contribution in [0.15, 0.2) is 24.3 Å². The summed E-state index contributed by atoms with van der Waals surface area (Å²) in [7, 11) is 4.00. The van der Waals surface area contributed by atoms with Crippen LogP contribution in [0.2, 0.25) is 0 Å². The van der Waals surface area contributed by atoms with Crippen molar-refractivity contribution in [3.05, 3.63) is 29.8 Å². The van der Waals surface area contributed by atoms with Crippen molar-refractivity contribution in [2.45, 2.75) is 38.3 Å². The maximum Gasteiger partial charge on any atom is 0.119 e. The van der Waals surface area contributed by atoms with Gasteiger partial charge in [0.25, 0.3) is 0 Å². The van der Waals surface area contributed by atoms with Crippen molar-refractivity contribution >= 4 is 0 Å². The highest BCUT2D eigenvalue weighted by Crippen LogP contribution is 2.42. The van der Waals surface area contributed by atoms with Crippen LogP contribution in [0.1, 0.15) is 31.2 Å². The van der Waals surface area contributed by atoms with Gasteiger partial charge in [-0.15, -0.1) is 0 Å². The summed E-state index contributed by atoms with van der Waals surface area (Å²) < 4.78 is 11.4. The van der Waals surface area contributed by atoms with Crippen LogP contribution in [0.25, 0.3) is 0 Å². The maximum atomic E-state index is 6.17. The molecule has 4 heteroatoms. The Bertz CT molecular complexity index is 496. The van der Waals surface area contributed by atoms with E-state index < -0.39 is 0 Å². The SMILES string of the molecule is COCc1cccc(OCC2(CN(C)C3CCNC3)CCC2)c1. The van der Waals surface area contributed by atoms with Crippen LogP contribution in [0.4, 0.5) is 0 Å². The number of hydrogen-bond acceptors (Lipinski definition) is 4. The van der Waals surface area contributed by atoms with Crippen molar-refractivity contribution in [2.75, 3.05) is 40.4 Å². The summed E-state index contributed by atoms with van der Waals surface area (Å²) in [4.78, 5) is 2.55. The van der Waals surface area contributed by atoms with E-state index in [9.17, 15) is 0 Å². The molecule has 1 aromatic rings. The molecule has 0 amide bonds. The lowest BCUT2D eigenvalue weighted by Crippen LogP contribution is -2.48. The average molecular weight is 318 g/mol. The highest BCUT2D eigenvalue weighted by Gasteiger charge is 2.40. The lowest BCUT2D eigenvalue weighted by atomic mass is 9.69. The molecule has 128 valence electrons. The fourth-order valence-electron chi connectivity index (χ4n) is 3.83. The lowest BCUT2D eigenvalue weighted by Gasteiger charge is -2.45. The number of nitrogens with zero attached hydrogens (tertiary/aromatic N) is 1. The second-order valence-electron chi connectivity index (χ2n) is 7.28. The van der Waals surface area contributed by atoms with E-state index in [4.69, 9.17) is 9.47 Å². The Morgan fingerprint density at radius 2 is 2.22 bits per heavy atom. The van der Waals surface area contributed by atoms with Crippen LogP contribution in [-0.2, 0) is 11.3 Å². The summed E-state index contributed by atoms with van der Waals surface area (Å²) in [5.74, 6) is 0.969. The van der Waals surface area contributed by atoms with Crippen LogP contribution in [-0.4, -0.2) is 51.3 Å². The largest absolute Gasteiger partial charge is 0.493 e. The highest BCUT2D eigenvalue weighted by atomic mass is 16.5. The maximum absolute atomic E-state index is 6.17. The third-order valence-corrected chi connectivity index (χ3v) is 5.41. The average Bonchev–Trinajstić information content (AvgIpc) is 3.05. The van der Waals surface area contributed by atoms with Crippen molar-refractivity contribution in [1.82, 2.24) is 10.2 Å². The van der Waals surface area contributed by atoms with Crippen LogP contribution >= 0.6 is 0 Å². The monoisotopic (exact) mass is 318 g/mol. The molecule has 23 heavy (non-hydrogen) atoms. The van der Waals surface area contributed by atoms with Gasteiger partial charge in [-0.3, -0.25) is 0 Å². The van der Waals surface area contributed by atoms with Gasteiger partial charge in [-0.1, -0.05) is 18.6 Å². The molecule has 1 heterocycles. The van der Waals surface area contributed by atoms with Crippen molar-refractivity contribution in [2.24, 2.45) is 5.41 Å². The van der Waals surface area contributed by atoms with E-state index in [0.29, 0.717) is 18.1 Å². The summed E-state index contributed by atoms with van der Waals surface area (Å²) in [5.41, 5.74) is 1.51. The Morgan fingerprint density at radius 1 is 1.35 bits per heavy atom. The third kappa shape index (κ3) is 4.25. The molecule has 4 nitrogen and oxygen atoms in total. The standard InChI is InChI=1S/C19H30N2O2/c1-21(17-7-10-20-12-17)14-19(8-4-9-19)15-23-18-6-3-5-16(11-18)13-22-2/h3,5-6,11,17,20H,4,7-10,12-15H2,1-2H3. The van der Waals surface area contributed by atoms with Gasteiger partial charge in [0, 0.05) is 31.7 Å². The van der Waals surface area contributed by atoms with Gasteiger partial charge in [0.2, 0.25) is 0 Å². The number of likely N-dealkylation sites (N-methyl/N-ethyl adjacent to an activating group) is 1. The number of hydrogen-bond donors (Lipinski definition) is 1. The predicted molar refractivity (Wildman–Crippen MR) is 92.8 cm³/mol. The molecular formula is C19H30N2O2. The predicted octanol–water partition coefficient (Wildman–Crippen LogP) is 2.68. The molecule has 1 atom stereocenters. The van der Waals surface area contributed by atoms with E-state index in [-0.39, 0.29) is 0 Å². The van der Waals surface area contributed by atoms with Gasteiger partial charge in [-0.25, -0.2) is 0 Å². The third-order valence-electron chi connectivity index (χ3n) is 5.41. The van der Waals surface area contributed by atoms with E-state index in [1.807, 2.05) is 6.07 Å². The van der Waals surface area contributed by atoms with E-state index in [2.05, 4.69) is 35.5 Å². The van der Waals surface area contributed by atoms with Crippen LogP contribution in [0.5, 0.6) is 5.75 Å². The first-order chi connectivity index (χ1) is 11.2. The molecule has 1 aliphatic carbocycles. The lowest BCUT2D eigenvalue weighted by molar-refractivity contribution is 0.0154. The molecule has 0 aromatic heterocycles. The summed E-state index contributed by atoms with van der Waals surface area (Å²) in [6.45, 7) is 4.90. The quantitative estimate of drug-likeness (QED) is 0.799. The molecule has 0 bridgehead atoms. The molecule has 1 aliphatic heterocycles. The van der Waals surface area contributed by atoms with Crippen LogP contribution in [0, 0.1) is 5.41 Å². The second-order valence-corrected chi connectivity index (χ2v) is 7.28. The minimum Gasteiger partial charge on any atom is -0.493 e. The highest BCUT2D eigenvalue weighted by molar-refractivity contribution is 5.28. The molecule has 3 rings (SSSR count). The zero-order valence-corrected chi connectivity index (χ0v) is 14.5. The molecule has 1 N–H and O–H groups in total. The van der Waals surface area contributed by atoms with Gasteiger partial charge in [0.15, 0.2) is 0 Å². The first kappa shape index (κ1) is 16.7. The molecule has 0 spiro atoms. The first-order valence-corrected chi connectivity index (χ1v) is 8.82. The molecule has 1 saturated carbocycles. The van der Waals surface area contributed by atoms with Crippen LogP contribution in [0.3, 0.4) is 0 Å². The number of ether oxygens (including phenoxy) is 2. The first-order valence-electron chi connectivity index (χ1n) is 8.82. The van der Waals surface area contributed by atoms with Gasteiger partial charge < -0.3 is 19.7 Å². The minimum absolute atomic E-state index is 0.342. The summed E-state index contributed by atoms with van der Waals surface area (Å²) in [6, 6.07) is 8.97. The van der Waals surface area contributed by atoms with Gasteiger partial charge >= 0.3 is 0 Å². The van der Waals surface area contributed by atoms with Gasteiger partial charge in [-0.2, -0.15) is 0 Å². The Kier molecular flexibility index (Phi) is 5.57. The van der Waals surface area contributed by atoms with Gasteiger partial charge in [0.05, 0.1) is 13.2 Å². The zero-order valence-electron chi connectivity index (χ0n) is 14.5. The summed E-state index contributed by atoms with van der Waals surface area (Å²) in [5, 5.41) is 3.47. The van der Waals surface area contributed by atoms with E-state index in [1.54, 1.807) is 7.11 Å². The molecule has 1 saturated heterocycles. The Balaban J connectivity index is 1.55. The Morgan fingerprint density at radius 3 is 2.87 bits per heavy atom. The smallest absolute Gasteiger partial charge is 0.119 e. The van der Waals surface area contributed by atoms with E-state index in [0.717, 1.165) is 32.0 Å². The number of nitrogens with one attached hydrogen (secondary N) is 1. The second kappa shape index (κ2) is 7.65. The van der Waals surface area contributed by atoms with Crippen LogP contribution < -0.4 is 10.1 Å². The molecule has 1 aromatic carbocycles. The van der Waals surface area contributed by atoms with Crippen molar-refractivity contribution < 1.29 is 9.47 Å². The molecule has 0 radical (unpaired) electrons. The number of rotatable bonds is 8. The van der Waals surface area contributed by atoms with Crippen molar-refractivity contribution in [3.8, 4) is 5.75 Å². The van der Waals surface area contributed by atoms with Crippen molar-refractivity contribution in [3.63, 3.8) is 0 Å². The number of methoxy groups -OCH3 is 1. The van der Waals surface area contributed by atoms with E-state index in [1.165, 1.54) is 31.2 Å². The molecular weight excluding hydrogens is 288 g/mol. The fraction of sp³-hybridized carbons (Fsp3) is 0.684. The van der Waals surface area contributed by atoms with Gasteiger partial charge in [0.1, 0.15) is 5.75 Å². The zero-order chi connectivity index (χ0) is 16.1. The topological polar surface area (TPSA) is 33.7 Å². The normalized spacial score (nSPS) is 23.0. The molecule has 2 fully saturated rings. The summed E-state index contributed by atoms with van der Waals surface area (Å²) >= 11 is 0. The molecule has 2 aliphatic rings. The number of benzene rings is 1. The Labute approximate surface area is 140 Å². The van der Waals surface area contributed by atoms with Crippen molar-refractivity contribution in [1.29, 1.82) is 0 Å².